The highest BCUT2D eigenvalue weighted by atomic mass is 35.5. The van der Waals surface area contributed by atoms with Gasteiger partial charge in [-0.15, -0.1) is 0 Å². The van der Waals surface area contributed by atoms with Crippen molar-refractivity contribution in [3.8, 4) is 5.75 Å². The Morgan fingerprint density at radius 3 is 2.94 bits per heavy atom. The summed E-state index contributed by atoms with van der Waals surface area (Å²) in [5, 5.41) is 3.47. The summed E-state index contributed by atoms with van der Waals surface area (Å²) in [6.45, 7) is 0. The highest BCUT2D eigenvalue weighted by molar-refractivity contribution is 6.31. The first-order chi connectivity index (χ1) is 8.70. The zero-order valence-corrected chi connectivity index (χ0v) is 11.0. The molecule has 1 aliphatic carbocycles. The minimum absolute atomic E-state index is 0.0277. The molecule has 0 radical (unpaired) electrons. The van der Waals surface area contributed by atoms with Crippen LogP contribution < -0.4 is 10.1 Å². The second-order valence-corrected chi connectivity index (χ2v) is 4.75. The summed E-state index contributed by atoms with van der Waals surface area (Å²) >= 11 is 5.93. The summed E-state index contributed by atoms with van der Waals surface area (Å²) in [7, 11) is 1.57. The van der Waals surface area contributed by atoms with Gasteiger partial charge in [0.25, 0.3) is 0 Å². The Morgan fingerprint density at radius 2 is 2.28 bits per heavy atom. The van der Waals surface area contributed by atoms with Crippen molar-refractivity contribution < 1.29 is 9.53 Å². The molecule has 96 valence electrons. The maximum Gasteiger partial charge on any atom is 0.227 e. The Bertz CT molecular complexity index is 471. The van der Waals surface area contributed by atoms with E-state index < -0.39 is 0 Å². The Morgan fingerprint density at radius 1 is 1.44 bits per heavy atom. The van der Waals surface area contributed by atoms with E-state index in [0.717, 1.165) is 19.3 Å². The molecule has 0 aliphatic heterocycles. The van der Waals surface area contributed by atoms with Crippen molar-refractivity contribution >= 4 is 23.2 Å². The standard InChI is InChI=1S/C14H16ClNO2/c1-18-13-8-7-11(15)9-12(13)16-14(17)10-5-3-2-4-6-10/h2-3,7-10H,4-6H2,1H3,(H,16,17)/t10-/m1/s1. The van der Waals surface area contributed by atoms with E-state index >= 15 is 0 Å². The molecular weight excluding hydrogens is 250 g/mol. The molecule has 0 saturated carbocycles. The number of ether oxygens (including phenoxy) is 1. The summed E-state index contributed by atoms with van der Waals surface area (Å²) < 4.78 is 5.20. The van der Waals surface area contributed by atoms with Gasteiger partial charge in [0.2, 0.25) is 5.91 Å². The van der Waals surface area contributed by atoms with Gasteiger partial charge in [-0.05, 0) is 37.5 Å². The number of amides is 1. The van der Waals surface area contributed by atoms with Crippen LogP contribution in [0.5, 0.6) is 5.75 Å². The fourth-order valence-electron chi connectivity index (χ4n) is 2.04. The molecule has 3 nitrogen and oxygen atoms in total. The molecule has 0 heterocycles. The average molecular weight is 266 g/mol. The van der Waals surface area contributed by atoms with Crippen molar-refractivity contribution in [1.29, 1.82) is 0 Å². The summed E-state index contributed by atoms with van der Waals surface area (Å²) in [6, 6.07) is 5.19. The summed E-state index contributed by atoms with van der Waals surface area (Å²) in [6.07, 6.45) is 6.83. The molecule has 0 saturated heterocycles. The number of rotatable bonds is 3. The Balaban J connectivity index is 2.10. The molecule has 1 aromatic carbocycles. The molecular formula is C14H16ClNO2. The number of carbonyl (C=O) groups is 1. The second-order valence-electron chi connectivity index (χ2n) is 4.32. The Labute approximate surface area is 112 Å². The van der Waals surface area contributed by atoms with Crippen molar-refractivity contribution in [2.24, 2.45) is 5.92 Å². The molecule has 2 rings (SSSR count). The topological polar surface area (TPSA) is 38.3 Å². The van der Waals surface area contributed by atoms with Crippen molar-refractivity contribution in [3.05, 3.63) is 35.4 Å². The van der Waals surface area contributed by atoms with E-state index in [0.29, 0.717) is 16.5 Å². The van der Waals surface area contributed by atoms with E-state index in [4.69, 9.17) is 16.3 Å². The SMILES string of the molecule is COc1ccc(Cl)cc1NC(=O)[C@@H]1CC=CCC1. The molecule has 0 fully saturated rings. The minimum atomic E-state index is 0.0277. The average Bonchev–Trinajstić information content (AvgIpc) is 2.40. The lowest BCUT2D eigenvalue weighted by molar-refractivity contribution is -0.120. The van der Waals surface area contributed by atoms with Crippen LogP contribution in [0.4, 0.5) is 5.69 Å². The number of hydrogen-bond donors (Lipinski definition) is 1. The first-order valence-electron chi connectivity index (χ1n) is 6.00. The lowest BCUT2D eigenvalue weighted by atomic mass is 9.93. The number of allylic oxidation sites excluding steroid dienone is 2. The third-order valence-corrected chi connectivity index (χ3v) is 3.29. The number of benzene rings is 1. The predicted octanol–water partition coefficient (Wildman–Crippen LogP) is 3.64. The van der Waals surface area contributed by atoms with Crippen molar-refractivity contribution in [2.75, 3.05) is 12.4 Å². The number of carbonyl (C=O) groups excluding carboxylic acids is 1. The van der Waals surface area contributed by atoms with Crippen LogP contribution in [0.3, 0.4) is 0 Å². The lowest BCUT2D eigenvalue weighted by Crippen LogP contribution is -2.23. The molecule has 0 bridgehead atoms. The van der Waals surface area contributed by atoms with Crippen LogP contribution in [0.1, 0.15) is 19.3 Å². The molecule has 0 spiro atoms. The number of methoxy groups -OCH3 is 1. The fourth-order valence-corrected chi connectivity index (χ4v) is 2.22. The smallest absolute Gasteiger partial charge is 0.227 e. The van der Waals surface area contributed by atoms with E-state index in [2.05, 4.69) is 17.5 Å². The van der Waals surface area contributed by atoms with Crippen molar-refractivity contribution in [3.63, 3.8) is 0 Å². The Hall–Kier alpha value is -1.48. The first-order valence-corrected chi connectivity index (χ1v) is 6.38. The van der Waals surface area contributed by atoms with E-state index in [1.807, 2.05) is 0 Å². The first kappa shape index (κ1) is 13.0. The third kappa shape index (κ3) is 3.05. The number of halogens is 1. The van der Waals surface area contributed by atoms with Gasteiger partial charge < -0.3 is 10.1 Å². The van der Waals surface area contributed by atoms with Gasteiger partial charge in [-0.3, -0.25) is 4.79 Å². The van der Waals surface area contributed by atoms with Crippen molar-refractivity contribution in [1.82, 2.24) is 0 Å². The zero-order chi connectivity index (χ0) is 13.0. The predicted molar refractivity (Wildman–Crippen MR) is 73.1 cm³/mol. The van der Waals surface area contributed by atoms with E-state index in [1.165, 1.54) is 0 Å². The molecule has 0 aromatic heterocycles. The highest BCUT2D eigenvalue weighted by Gasteiger charge is 2.19. The summed E-state index contributed by atoms with van der Waals surface area (Å²) in [5.74, 6) is 0.692. The van der Waals surface area contributed by atoms with E-state index in [1.54, 1.807) is 25.3 Å². The number of hydrogen-bond acceptors (Lipinski definition) is 2. The largest absolute Gasteiger partial charge is 0.495 e. The van der Waals surface area contributed by atoms with Crippen molar-refractivity contribution in [2.45, 2.75) is 19.3 Å². The third-order valence-electron chi connectivity index (χ3n) is 3.06. The number of nitrogens with one attached hydrogen (secondary N) is 1. The van der Waals surface area contributed by atoms with Crippen LogP contribution in [-0.4, -0.2) is 13.0 Å². The van der Waals surface area contributed by atoms with Crippen LogP contribution in [0.2, 0.25) is 5.02 Å². The normalized spacial score (nSPS) is 18.4. The molecule has 1 atom stereocenters. The summed E-state index contributed by atoms with van der Waals surface area (Å²) in [4.78, 5) is 12.1. The van der Waals surface area contributed by atoms with Crippen LogP contribution in [0, 0.1) is 5.92 Å². The Kier molecular flexibility index (Phi) is 4.26. The highest BCUT2D eigenvalue weighted by Crippen LogP contribution is 2.29. The lowest BCUT2D eigenvalue weighted by Gasteiger charge is -2.18. The van der Waals surface area contributed by atoms with Crippen LogP contribution in [0.15, 0.2) is 30.4 Å². The monoisotopic (exact) mass is 265 g/mol. The van der Waals surface area contributed by atoms with Crippen LogP contribution >= 0.6 is 11.6 Å². The molecule has 1 N–H and O–H groups in total. The van der Waals surface area contributed by atoms with Gasteiger partial charge >= 0.3 is 0 Å². The van der Waals surface area contributed by atoms with E-state index in [-0.39, 0.29) is 11.8 Å². The van der Waals surface area contributed by atoms with E-state index in [9.17, 15) is 4.79 Å². The molecule has 18 heavy (non-hydrogen) atoms. The van der Waals surface area contributed by atoms with Gasteiger partial charge in [0.15, 0.2) is 0 Å². The van der Waals surface area contributed by atoms with Gasteiger partial charge in [0.1, 0.15) is 5.75 Å². The van der Waals surface area contributed by atoms with Gasteiger partial charge in [-0.25, -0.2) is 0 Å². The fraction of sp³-hybridized carbons (Fsp3) is 0.357. The molecule has 1 aliphatic rings. The summed E-state index contributed by atoms with van der Waals surface area (Å²) in [5.41, 5.74) is 0.629. The number of anilines is 1. The van der Waals surface area contributed by atoms with Crippen LogP contribution in [0.25, 0.3) is 0 Å². The van der Waals surface area contributed by atoms with Gasteiger partial charge in [0, 0.05) is 10.9 Å². The molecule has 1 amide bonds. The molecule has 1 aromatic rings. The van der Waals surface area contributed by atoms with Crippen LogP contribution in [-0.2, 0) is 4.79 Å². The van der Waals surface area contributed by atoms with Gasteiger partial charge in [-0.1, -0.05) is 23.8 Å². The molecule has 4 heteroatoms. The quantitative estimate of drug-likeness (QED) is 0.848. The zero-order valence-electron chi connectivity index (χ0n) is 10.3. The maximum atomic E-state index is 12.1. The van der Waals surface area contributed by atoms with Gasteiger partial charge in [0.05, 0.1) is 12.8 Å². The van der Waals surface area contributed by atoms with Gasteiger partial charge in [-0.2, -0.15) is 0 Å². The molecule has 0 unspecified atom stereocenters. The maximum absolute atomic E-state index is 12.1. The second kappa shape index (κ2) is 5.91. The minimum Gasteiger partial charge on any atom is -0.495 e.